The maximum atomic E-state index is 12.5. The lowest BCUT2D eigenvalue weighted by Crippen LogP contribution is -2.26. The van der Waals surface area contributed by atoms with Crippen molar-refractivity contribution in [3.63, 3.8) is 0 Å². The molecule has 0 aliphatic rings. The Hall–Kier alpha value is -1.09. The molecule has 0 saturated carbocycles. The van der Waals surface area contributed by atoms with Gasteiger partial charge in [0.15, 0.2) is 0 Å². The first-order valence-corrected chi connectivity index (χ1v) is 4.36. The molecule has 0 bridgehead atoms. The van der Waals surface area contributed by atoms with Crippen molar-refractivity contribution in [1.29, 1.82) is 0 Å². The lowest BCUT2D eigenvalue weighted by Gasteiger charge is -2.10. The lowest BCUT2D eigenvalue weighted by atomic mass is 10.2. The highest BCUT2D eigenvalue weighted by Gasteiger charge is 2.00. The third-order valence-electron chi connectivity index (χ3n) is 1.80. The summed E-state index contributed by atoms with van der Waals surface area (Å²) in [6, 6.07) is 5.97. The monoisotopic (exact) mass is 183 g/mol. The van der Waals surface area contributed by atoms with E-state index in [1.54, 1.807) is 12.1 Å². The van der Waals surface area contributed by atoms with E-state index >= 15 is 0 Å². The van der Waals surface area contributed by atoms with Gasteiger partial charge in [-0.15, -0.1) is 0 Å². The largest absolute Gasteiger partial charge is 0.492 e. The van der Waals surface area contributed by atoms with E-state index in [-0.39, 0.29) is 11.9 Å². The van der Waals surface area contributed by atoms with E-state index in [0.29, 0.717) is 12.4 Å². The SMILES string of the molecule is CC[C@H](N)COc1ccc(F)cc1. The third-order valence-corrected chi connectivity index (χ3v) is 1.80. The summed E-state index contributed by atoms with van der Waals surface area (Å²) in [6.07, 6.45) is 0.876. The molecule has 1 aromatic carbocycles. The van der Waals surface area contributed by atoms with E-state index < -0.39 is 0 Å². The topological polar surface area (TPSA) is 35.2 Å². The molecule has 1 atom stereocenters. The van der Waals surface area contributed by atoms with Gasteiger partial charge in [0, 0.05) is 6.04 Å². The van der Waals surface area contributed by atoms with Crippen LogP contribution in [0.4, 0.5) is 4.39 Å². The Kier molecular flexibility index (Phi) is 3.71. The van der Waals surface area contributed by atoms with Crippen LogP contribution in [0.3, 0.4) is 0 Å². The Morgan fingerprint density at radius 2 is 2.00 bits per heavy atom. The zero-order valence-corrected chi connectivity index (χ0v) is 7.66. The van der Waals surface area contributed by atoms with Crippen molar-refractivity contribution in [1.82, 2.24) is 0 Å². The number of ether oxygens (including phenoxy) is 1. The molecule has 72 valence electrons. The molecule has 3 heteroatoms. The predicted molar refractivity (Wildman–Crippen MR) is 50.2 cm³/mol. The first-order chi connectivity index (χ1) is 6.22. The second-order valence-electron chi connectivity index (χ2n) is 2.93. The molecular formula is C10H14FNO. The minimum absolute atomic E-state index is 0.0463. The summed E-state index contributed by atoms with van der Waals surface area (Å²) in [4.78, 5) is 0. The minimum Gasteiger partial charge on any atom is -0.492 e. The van der Waals surface area contributed by atoms with Gasteiger partial charge in [0.2, 0.25) is 0 Å². The van der Waals surface area contributed by atoms with Gasteiger partial charge >= 0.3 is 0 Å². The summed E-state index contributed by atoms with van der Waals surface area (Å²) in [5.41, 5.74) is 5.65. The van der Waals surface area contributed by atoms with Crippen LogP contribution in [0.5, 0.6) is 5.75 Å². The van der Waals surface area contributed by atoms with Crippen molar-refractivity contribution in [2.24, 2.45) is 5.73 Å². The molecule has 1 rings (SSSR count). The number of hydrogen-bond donors (Lipinski definition) is 1. The molecule has 0 unspecified atom stereocenters. The molecule has 0 saturated heterocycles. The summed E-state index contributed by atoms with van der Waals surface area (Å²) in [6.45, 7) is 2.47. The van der Waals surface area contributed by atoms with Gasteiger partial charge in [-0.2, -0.15) is 0 Å². The second kappa shape index (κ2) is 4.82. The fraction of sp³-hybridized carbons (Fsp3) is 0.400. The van der Waals surface area contributed by atoms with Gasteiger partial charge in [0.1, 0.15) is 18.2 Å². The number of halogens is 1. The van der Waals surface area contributed by atoms with Crippen LogP contribution in [0.2, 0.25) is 0 Å². The van der Waals surface area contributed by atoms with E-state index in [0.717, 1.165) is 6.42 Å². The van der Waals surface area contributed by atoms with Gasteiger partial charge in [-0.25, -0.2) is 4.39 Å². The third kappa shape index (κ3) is 3.42. The molecule has 0 aliphatic carbocycles. The first kappa shape index (κ1) is 9.99. The van der Waals surface area contributed by atoms with Gasteiger partial charge in [0.05, 0.1) is 0 Å². The summed E-state index contributed by atoms with van der Waals surface area (Å²) >= 11 is 0. The maximum absolute atomic E-state index is 12.5. The fourth-order valence-electron chi connectivity index (χ4n) is 0.852. The van der Waals surface area contributed by atoms with Crippen molar-refractivity contribution >= 4 is 0 Å². The zero-order chi connectivity index (χ0) is 9.68. The van der Waals surface area contributed by atoms with Gasteiger partial charge in [-0.3, -0.25) is 0 Å². The number of benzene rings is 1. The van der Waals surface area contributed by atoms with Gasteiger partial charge in [0.25, 0.3) is 0 Å². The van der Waals surface area contributed by atoms with E-state index in [2.05, 4.69) is 0 Å². The molecule has 0 spiro atoms. The van der Waals surface area contributed by atoms with E-state index in [1.165, 1.54) is 12.1 Å². The van der Waals surface area contributed by atoms with Crippen molar-refractivity contribution < 1.29 is 9.13 Å². The first-order valence-electron chi connectivity index (χ1n) is 4.36. The highest BCUT2D eigenvalue weighted by molar-refractivity contribution is 5.22. The highest BCUT2D eigenvalue weighted by atomic mass is 19.1. The quantitative estimate of drug-likeness (QED) is 0.774. The average molecular weight is 183 g/mol. The summed E-state index contributed by atoms with van der Waals surface area (Å²) in [5, 5.41) is 0. The van der Waals surface area contributed by atoms with Crippen LogP contribution >= 0.6 is 0 Å². The molecule has 2 N–H and O–H groups in total. The van der Waals surface area contributed by atoms with Crippen LogP contribution in [0.1, 0.15) is 13.3 Å². The van der Waals surface area contributed by atoms with Crippen LogP contribution in [-0.2, 0) is 0 Å². The molecule has 13 heavy (non-hydrogen) atoms. The Bertz CT molecular complexity index is 248. The van der Waals surface area contributed by atoms with E-state index in [1.807, 2.05) is 6.92 Å². The molecule has 0 aliphatic heterocycles. The highest BCUT2D eigenvalue weighted by Crippen LogP contribution is 2.11. The van der Waals surface area contributed by atoms with E-state index in [9.17, 15) is 4.39 Å². The van der Waals surface area contributed by atoms with Crippen LogP contribution in [0, 0.1) is 5.82 Å². The molecule has 0 heterocycles. The van der Waals surface area contributed by atoms with Crippen LogP contribution in [0.25, 0.3) is 0 Å². The normalized spacial score (nSPS) is 12.5. The van der Waals surface area contributed by atoms with Crippen LogP contribution < -0.4 is 10.5 Å². The predicted octanol–water partition coefficient (Wildman–Crippen LogP) is 1.94. The van der Waals surface area contributed by atoms with Crippen molar-refractivity contribution in [3.05, 3.63) is 30.1 Å². The molecule has 2 nitrogen and oxygen atoms in total. The van der Waals surface area contributed by atoms with E-state index in [4.69, 9.17) is 10.5 Å². The Balaban J connectivity index is 2.41. The Morgan fingerprint density at radius 1 is 1.38 bits per heavy atom. The Labute approximate surface area is 77.5 Å². The standard InChI is InChI=1S/C10H14FNO/c1-2-9(12)7-13-10-5-3-8(11)4-6-10/h3-6,9H,2,7,12H2,1H3/t9-/m0/s1. The smallest absolute Gasteiger partial charge is 0.123 e. The number of hydrogen-bond acceptors (Lipinski definition) is 2. The maximum Gasteiger partial charge on any atom is 0.123 e. The van der Waals surface area contributed by atoms with Crippen molar-refractivity contribution in [2.75, 3.05) is 6.61 Å². The van der Waals surface area contributed by atoms with Crippen LogP contribution in [-0.4, -0.2) is 12.6 Å². The van der Waals surface area contributed by atoms with Crippen LogP contribution in [0.15, 0.2) is 24.3 Å². The molecule has 0 aromatic heterocycles. The summed E-state index contributed by atoms with van der Waals surface area (Å²) < 4.78 is 17.8. The van der Waals surface area contributed by atoms with Gasteiger partial charge in [-0.1, -0.05) is 6.92 Å². The Morgan fingerprint density at radius 3 is 2.54 bits per heavy atom. The minimum atomic E-state index is -0.257. The molecule has 0 radical (unpaired) electrons. The summed E-state index contributed by atoms with van der Waals surface area (Å²) in [5.74, 6) is 0.400. The fourth-order valence-corrected chi connectivity index (χ4v) is 0.852. The molecule has 0 fully saturated rings. The molecule has 0 amide bonds. The average Bonchev–Trinajstić information content (AvgIpc) is 2.16. The zero-order valence-electron chi connectivity index (χ0n) is 7.66. The van der Waals surface area contributed by atoms with Gasteiger partial charge < -0.3 is 10.5 Å². The summed E-state index contributed by atoms with van der Waals surface area (Å²) in [7, 11) is 0. The molecular weight excluding hydrogens is 169 g/mol. The number of nitrogens with two attached hydrogens (primary N) is 1. The lowest BCUT2D eigenvalue weighted by molar-refractivity contribution is 0.285. The second-order valence-corrected chi connectivity index (χ2v) is 2.93. The van der Waals surface area contributed by atoms with Gasteiger partial charge in [-0.05, 0) is 30.7 Å². The number of rotatable bonds is 4. The van der Waals surface area contributed by atoms with Crippen molar-refractivity contribution in [2.45, 2.75) is 19.4 Å². The van der Waals surface area contributed by atoms with Crippen molar-refractivity contribution in [3.8, 4) is 5.75 Å². The molecule has 1 aromatic rings.